The molecule has 2 N–H and O–H groups in total. The van der Waals surface area contributed by atoms with Crippen LogP contribution in [0.3, 0.4) is 0 Å². The molecular weight excluding hydrogens is 442 g/mol. The van der Waals surface area contributed by atoms with Crippen LogP contribution >= 0.6 is 0 Å². The molecule has 196 valence electrons. The van der Waals surface area contributed by atoms with E-state index in [1.807, 2.05) is 81.6 Å². The number of amides is 1. The van der Waals surface area contributed by atoms with Crippen LogP contribution in [0.5, 0.6) is 0 Å². The summed E-state index contributed by atoms with van der Waals surface area (Å²) < 4.78 is 8.92. The first kappa shape index (κ1) is 29.9. The molecular formula is C26H45N7O2. The van der Waals surface area contributed by atoms with Gasteiger partial charge >= 0.3 is 6.09 Å². The third-order valence-electron chi connectivity index (χ3n) is 5.03. The average molecular weight is 488 g/mol. The number of ether oxygens (including phenoxy) is 1. The van der Waals surface area contributed by atoms with Crippen molar-refractivity contribution in [1.29, 1.82) is 0 Å². The quantitative estimate of drug-likeness (QED) is 0.482. The van der Waals surface area contributed by atoms with Crippen molar-refractivity contribution in [2.45, 2.75) is 86.7 Å². The van der Waals surface area contributed by atoms with Crippen molar-refractivity contribution in [1.82, 2.24) is 29.3 Å². The standard InChI is InChI=1S/C20H27N7O2.3C2H6/c1-20(2,3)29-19(28)26-7-5-6-13(12-26)16-8-17(21)27-18(24-16)15(10-23-27)14-9-22-25(4)11-14;3*1-2/h8-11,13H,5-7,12,21H2,1-4H3;3*1-2H3. The van der Waals surface area contributed by atoms with E-state index < -0.39 is 5.60 Å². The van der Waals surface area contributed by atoms with Gasteiger partial charge in [0.1, 0.15) is 11.4 Å². The van der Waals surface area contributed by atoms with Crippen LogP contribution in [0.2, 0.25) is 0 Å². The summed E-state index contributed by atoms with van der Waals surface area (Å²) in [6, 6.07) is 1.86. The van der Waals surface area contributed by atoms with Crippen molar-refractivity contribution >= 4 is 17.6 Å². The zero-order valence-electron chi connectivity index (χ0n) is 23.3. The number of nitrogen functional groups attached to an aromatic ring is 1. The number of nitrogens with zero attached hydrogens (tertiary/aromatic N) is 6. The van der Waals surface area contributed by atoms with Crippen molar-refractivity contribution in [3.63, 3.8) is 0 Å². The van der Waals surface area contributed by atoms with E-state index in [-0.39, 0.29) is 12.0 Å². The topological polar surface area (TPSA) is 104 Å². The lowest BCUT2D eigenvalue weighted by molar-refractivity contribution is 0.0197. The Bertz CT molecular complexity index is 1050. The molecule has 1 aliphatic heterocycles. The highest BCUT2D eigenvalue weighted by atomic mass is 16.6. The Hall–Kier alpha value is -3.10. The van der Waals surface area contributed by atoms with Gasteiger partial charge in [-0.25, -0.2) is 9.78 Å². The van der Waals surface area contributed by atoms with Gasteiger partial charge in [-0.1, -0.05) is 41.5 Å². The Kier molecular flexibility index (Phi) is 11.7. The second-order valence-electron chi connectivity index (χ2n) is 8.57. The Morgan fingerprint density at radius 1 is 1.09 bits per heavy atom. The molecule has 3 aromatic heterocycles. The third-order valence-corrected chi connectivity index (χ3v) is 5.03. The maximum atomic E-state index is 12.5. The van der Waals surface area contributed by atoms with Gasteiger partial charge in [0, 0.05) is 49.4 Å². The molecule has 35 heavy (non-hydrogen) atoms. The van der Waals surface area contributed by atoms with Gasteiger partial charge in [0.25, 0.3) is 0 Å². The first-order valence-electron chi connectivity index (χ1n) is 12.8. The van der Waals surface area contributed by atoms with Gasteiger partial charge in [-0.2, -0.15) is 14.7 Å². The Balaban J connectivity index is 0.000000949. The summed E-state index contributed by atoms with van der Waals surface area (Å²) in [6.07, 6.45) is 7.02. The summed E-state index contributed by atoms with van der Waals surface area (Å²) in [4.78, 5) is 19.1. The number of anilines is 1. The van der Waals surface area contributed by atoms with E-state index in [9.17, 15) is 4.79 Å². The van der Waals surface area contributed by atoms with Gasteiger partial charge in [-0.15, -0.1) is 0 Å². The lowest BCUT2D eigenvalue weighted by Gasteiger charge is -2.34. The van der Waals surface area contributed by atoms with Crippen LogP contribution < -0.4 is 5.73 Å². The summed E-state index contributed by atoms with van der Waals surface area (Å²) in [5.74, 6) is 0.620. The average Bonchev–Trinajstić information content (AvgIpc) is 3.48. The SMILES string of the molecule is CC.CC.CC.Cn1cc(-c2cnn3c(N)cc(C4CCCN(C(=O)OC(C)(C)C)C4)nc23)cn1. The van der Waals surface area contributed by atoms with Crippen LogP contribution in [0.15, 0.2) is 24.7 Å². The molecule has 1 aliphatic rings. The van der Waals surface area contributed by atoms with E-state index in [1.54, 1.807) is 26.5 Å². The van der Waals surface area contributed by atoms with Crippen molar-refractivity contribution in [3.8, 4) is 11.1 Å². The number of hydrogen-bond donors (Lipinski definition) is 1. The number of rotatable bonds is 2. The first-order valence-corrected chi connectivity index (χ1v) is 12.8. The van der Waals surface area contributed by atoms with Crippen LogP contribution in [-0.4, -0.2) is 54.1 Å². The Morgan fingerprint density at radius 3 is 2.31 bits per heavy atom. The number of likely N-dealkylation sites (tertiary alicyclic amines) is 1. The second kappa shape index (κ2) is 13.7. The van der Waals surface area contributed by atoms with Crippen LogP contribution in [0.1, 0.15) is 86.8 Å². The largest absolute Gasteiger partial charge is 0.444 e. The molecule has 0 aliphatic carbocycles. The zero-order chi connectivity index (χ0) is 26.8. The second-order valence-corrected chi connectivity index (χ2v) is 8.57. The van der Waals surface area contributed by atoms with Crippen molar-refractivity contribution < 1.29 is 9.53 Å². The number of aromatic nitrogens is 5. The van der Waals surface area contributed by atoms with Crippen LogP contribution in [0.25, 0.3) is 16.8 Å². The molecule has 1 amide bonds. The van der Waals surface area contributed by atoms with Gasteiger partial charge < -0.3 is 15.4 Å². The highest BCUT2D eigenvalue weighted by Crippen LogP contribution is 2.31. The Labute approximate surface area is 210 Å². The summed E-state index contributed by atoms with van der Waals surface area (Å²) in [6.45, 7) is 18.9. The van der Waals surface area contributed by atoms with E-state index in [4.69, 9.17) is 15.5 Å². The van der Waals surface area contributed by atoms with Gasteiger partial charge in [0.05, 0.1) is 18.1 Å². The summed E-state index contributed by atoms with van der Waals surface area (Å²) >= 11 is 0. The number of carbonyl (C=O) groups is 1. The third kappa shape index (κ3) is 7.70. The van der Waals surface area contributed by atoms with Gasteiger partial charge in [-0.3, -0.25) is 4.68 Å². The molecule has 0 aromatic carbocycles. The molecule has 1 fully saturated rings. The lowest BCUT2D eigenvalue weighted by atomic mass is 9.94. The van der Waals surface area contributed by atoms with Crippen LogP contribution in [-0.2, 0) is 11.8 Å². The van der Waals surface area contributed by atoms with Crippen LogP contribution in [0, 0.1) is 0 Å². The molecule has 0 saturated carbocycles. The summed E-state index contributed by atoms with van der Waals surface area (Å²) in [5.41, 5.74) is 9.14. The number of carbonyl (C=O) groups excluding carboxylic acids is 1. The molecule has 1 saturated heterocycles. The van der Waals surface area contributed by atoms with E-state index in [1.165, 1.54) is 0 Å². The Morgan fingerprint density at radius 2 is 1.74 bits per heavy atom. The first-order chi connectivity index (χ1) is 16.7. The molecule has 0 spiro atoms. The van der Waals surface area contributed by atoms with E-state index in [2.05, 4.69) is 10.2 Å². The number of hydrogen-bond acceptors (Lipinski definition) is 6. The van der Waals surface area contributed by atoms with Gasteiger partial charge in [0.15, 0.2) is 5.65 Å². The maximum Gasteiger partial charge on any atom is 0.410 e. The van der Waals surface area contributed by atoms with Crippen molar-refractivity contribution in [3.05, 3.63) is 30.4 Å². The fraction of sp³-hybridized carbons (Fsp3) is 0.615. The number of nitrogens with two attached hydrogens (primary N) is 1. The fourth-order valence-corrected chi connectivity index (χ4v) is 3.69. The normalized spacial score (nSPS) is 15.1. The molecule has 4 heterocycles. The van der Waals surface area contributed by atoms with Crippen molar-refractivity contribution in [2.24, 2.45) is 7.05 Å². The van der Waals surface area contributed by atoms with Crippen molar-refractivity contribution in [2.75, 3.05) is 18.8 Å². The number of aryl methyl sites for hydroxylation is 1. The molecule has 0 bridgehead atoms. The zero-order valence-corrected chi connectivity index (χ0v) is 23.3. The van der Waals surface area contributed by atoms with E-state index in [0.717, 1.165) is 29.7 Å². The lowest BCUT2D eigenvalue weighted by Crippen LogP contribution is -2.42. The minimum absolute atomic E-state index is 0.0974. The highest BCUT2D eigenvalue weighted by Gasteiger charge is 2.29. The van der Waals surface area contributed by atoms with Gasteiger partial charge in [0.2, 0.25) is 0 Å². The summed E-state index contributed by atoms with van der Waals surface area (Å²) in [5, 5.41) is 8.62. The molecule has 9 nitrogen and oxygen atoms in total. The molecule has 0 radical (unpaired) electrons. The van der Waals surface area contributed by atoms with E-state index >= 15 is 0 Å². The molecule has 9 heteroatoms. The summed E-state index contributed by atoms with van der Waals surface area (Å²) in [7, 11) is 1.87. The van der Waals surface area contributed by atoms with Gasteiger partial charge in [-0.05, 0) is 33.6 Å². The maximum absolute atomic E-state index is 12.5. The predicted molar refractivity (Wildman–Crippen MR) is 143 cm³/mol. The predicted octanol–water partition coefficient (Wildman–Crippen LogP) is 5.91. The molecule has 1 unspecified atom stereocenters. The number of piperidine rings is 1. The monoisotopic (exact) mass is 487 g/mol. The smallest absolute Gasteiger partial charge is 0.410 e. The molecule has 1 atom stereocenters. The molecule has 3 aromatic rings. The minimum Gasteiger partial charge on any atom is -0.444 e. The number of fused-ring (bicyclic) bond motifs is 1. The minimum atomic E-state index is -0.512. The highest BCUT2D eigenvalue weighted by molar-refractivity contribution is 5.77. The fourth-order valence-electron chi connectivity index (χ4n) is 3.69. The van der Waals surface area contributed by atoms with Crippen LogP contribution in [0.4, 0.5) is 10.6 Å². The van der Waals surface area contributed by atoms with E-state index in [0.29, 0.717) is 24.6 Å². The molecule has 4 rings (SSSR count).